The van der Waals surface area contributed by atoms with E-state index in [4.69, 9.17) is 0 Å². The van der Waals surface area contributed by atoms with E-state index in [-0.39, 0.29) is 10.5 Å². The Morgan fingerprint density at radius 3 is 2.39 bits per heavy atom. The van der Waals surface area contributed by atoms with Crippen molar-refractivity contribution in [2.75, 3.05) is 13.4 Å². The molecule has 1 aromatic carbocycles. The molecule has 0 amide bonds. The van der Waals surface area contributed by atoms with E-state index in [9.17, 15) is 13.2 Å². The summed E-state index contributed by atoms with van der Waals surface area (Å²) in [6.45, 7) is 3.54. The van der Waals surface area contributed by atoms with Crippen LogP contribution in [0.3, 0.4) is 0 Å². The number of methoxy groups -OCH3 is 1. The van der Waals surface area contributed by atoms with Gasteiger partial charge in [0.2, 0.25) is 0 Å². The van der Waals surface area contributed by atoms with E-state index in [1.165, 1.54) is 13.2 Å². The molecule has 0 aliphatic carbocycles. The van der Waals surface area contributed by atoms with Gasteiger partial charge in [-0.1, -0.05) is 12.2 Å². The van der Waals surface area contributed by atoms with Gasteiger partial charge in [-0.25, -0.2) is 13.2 Å². The van der Waals surface area contributed by atoms with Crippen LogP contribution < -0.4 is 0 Å². The molecular formula is C13H16O4S. The molecule has 0 aromatic heterocycles. The van der Waals surface area contributed by atoms with E-state index < -0.39 is 15.8 Å². The number of carbonyl (C=O) groups is 1. The number of carbonyl (C=O) groups excluding carboxylic acids is 1. The molecule has 0 unspecified atom stereocenters. The predicted octanol–water partition coefficient (Wildman–Crippen LogP) is 2.22. The molecule has 1 rings (SSSR count). The van der Waals surface area contributed by atoms with Crippen LogP contribution in [-0.4, -0.2) is 27.8 Å². The summed E-state index contributed by atoms with van der Waals surface area (Å²) in [6, 6.07) is 3.04. The van der Waals surface area contributed by atoms with Crippen molar-refractivity contribution in [1.82, 2.24) is 0 Å². The number of hydrogen-bond donors (Lipinski definition) is 0. The van der Waals surface area contributed by atoms with Crippen molar-refractivity contribution in [3.05, 3.63) is 34.9 Å². The summed E-state index contributed by atoms with van der Waals surface area (Å²) in [5.74, 6) is -0.538. The summed E-state index contributed by atoms with van der Waals surface area (Å²) in [4.78, 5) is 11.7. The van der Waals surface area contributed by atoms with Crippen LogP contribution in [0.15, 0.2) is 23.1 Å². The molecule has 0 aliphatic heterocycles. The maximum Gasteiger partial charge on any atom is 0.338 e. The smallest absolute Gasteiger partial charge is 0.338 e. The van der Waals surface area contributed by atoms with Gasteiger partial charge in [0.15, 0.2) is 9.84 Å². The van der Waals surface area contributed by atoms with Gasteiger partial charge >= 0.3 is 5.97 Å². The molecule has 0 bridgehead atoms. The Bertz CT molecular complexity index is 598. The van der Waals surface area contributed by atoms with Crippen LogP contribution in [0.2, 0.25) is 0 Å². The highest BCUT2D eigenvalue weighted by molar-refractivity contribution is 7.90. The summed E-state index contributed by atoms with van der Waals surface area (Å²) in [5, 5.41) is 0. The minimum atomic E-state index is -3.40. The first-order valence-corrected chi connectivity index (χ1v) is 7.26. The Kier molecular flexibility index (Phi) is 4.29. The van der Waals surface area contributed by atoms with Crippen molar-refractivity contribution in [2.24, 2.45) is 0 Å². The number of hydrogen-bond acceptors (Lipinski definition) is 4. The molecule has 0 spiro atoms. The third kappa shape index (κ3) is 2.98. The fourth-order valence-corrected chi connectivity index (χ4v) is 2.56. The average Bonchev–Trinajstić information content (AvgIpc) is 2.27. The fourth-order valence-electron chi connectivity index (χ4n) is 1.67. The summed E-state index contributed by atoms with van der Waals surface area (Å²) in [6.07, 6.45) is 4.57. The molecule has 4 nitrogen and oxygen atoms in total. The van der Waals surface area contributed by atoms with Gasteiger partial charge in [-0.05, 0) is 37.1 Å². The highest BCUT2D eigenvalue weighted by atomic mass is 32.2. The lowest BCUT2D eigenvalue weighted by Crippen LogP contribution is -2.08. The molecule has 0 radical (unpaired) electrons. The first-order valence-electron chi connectivity index (χ1n) is 5.37. The largest absolute Gasteiger partial charge is 0.465 e. The Morgan fingerprint density at radius 1 is 1.33 bits per heavy atom. The van der Waals surface area contributed by atoms with Crippen LogP contribution in [0, 0.1) is 6.92 Å². The van der Waals surface area contributed by atoms with Gasteiger partial charge in [0.1, 0.15) is 0 Å². The lowest BCUT2D eigenvalue weighted by molar-refractivity contribution is 0.0599. The third-order valence-corrected chi connectivity index (χ3v) is 3.66. The van der Waals surface area contributed by atoms with E-state index in [1.807, 2.05) is 0 Å². The molecule has 0 fully saturated rings. The van der Waals surface area contributed by atoms with Gasteiger partial charge in [-0.15, -0.1) is 0 Å². The lowest BCUT2D eigenvalue weighted by Gasteiger charge is -2.10. The van der Waals surface area contributed by atoms with Crippen molar-refractivity contribution in [1.29, 1.82) is 0 Å². The normalized spacial score (nSPS) is 11.8. The van der Waals surface area contributed by atoms with Crippen molar-refractivity contribution in [3.8, 4) is 0 Å². The molecule has 18 heavy (non-hydrogen) atoms. The highest BCUT2D eigenvalue weighted by Gasteiger charge is 2.18. The predicted molar refractivity (Wildman–Crippen MR) is 70.3 cm³/mol. The van der Waals surface area contributed by atoms with Gasteiger partial charge in [0.05, 0.1) is 17.6 Å². The van der Waals surface area contributed by atoms with Gasteiger partial charge in [0, 0.05) is 6.26 Å². The second-order valence-corrected chi connectivity index (χ2v) is 5.95. The summed E-state index contributed by atoms with van der Waals surface area (Å²) < 4.78 is 28.1. The highest BCUT2D eigenvalue weighted by Crippen LogP contribution is 2.23. The quantitative estimate of drug-likeness (QED) is 0.789. The molecule has 98 valence electrons. The molecule has 0 aliphatic rings. The SMILES string of the molecule is CC=Cc1cc(C)c(C(=O)OC)cc1S(C)(=O)=O. The second kappa shape index (κ2) is 5.35. The van der Waals surface area contributed by atoms with Gasteiger partial charge in [-0.3, -0.25) is 0 Å². The number of rotatable bonds is 3. The maximum absolute atomic E-state index is 11.7. The summed E-state index contributed by atoms with van der Waals surface area (Å²) in [7, 11) is -2.13. The van der Waals surface area contributed by atoms with Crippen LogP contribution in [0.5, 0.6) is 0 Å². The van der Waals surface area contributed by atoms with E-state index in [0.717, 1.165) is 6.26 Å². The van der Waals surface area contributed by atoms with E-state index in [0.29, 0.717) is 11.1 Å². The Morgan fingerprint density at radius 2 is 1.94 bits per heavy atom. The van der Waals surface area contributed by atoms with E-state index >= 15 is 0 Å². The Hall–Kier alpha value is -1.62. The van der Waals surface area contributed by atoms with Crippen LogP contribution in [-0.2, 0) is 14.6 Å². The van der Waals surface area contributed by atoms with Crippen molar-refractivity contribution < 1.29 is 17.9 Å². The number of benzene rings is 1. The Labute approximate surface area is 107 Å². The Balaban J connectivity index is 3.61. The molecule has 0 saturated carbocycles. The monoisotopic (exact) mass is 268 g/mol. The average molecular weight is 268 g/mol. The third-order valence-electron chi connectivity index (χ3n) is 2.51. The zero-order valence-corrected chi connectivity index (χ0v) is 11.7. The number of aryl methyl sites for hydroxylation is 1. The van der Waals surface area contributed by atoms with Crippen molar-refractivity contribution in [3.63, 3.8) is 0 Å². The molecular weight excluding hydrogens is 252 g/mol. The molecule has 0 heterocycles. The van der Waals surface area contributed by atoms with Gasteiger partial charge < -0.3 is 4.74 Å². The second-order valence-electron chi connectivity index (χ2n) is 3.97. The van der Waals surface area contributed by atoms with E-state index in [2.05, 4.69) is 4.74 Å². The number of sulfone groups is 1. The number of esters is 1. The van der Waals surface area contributed by atoms with E-state index in [1.54, 1.807) is 32.1 Å². The number of allylic oxidation sites excluding steroid dienone is 1. The fraction of sp³-hybridized carbons (Fsp3) is 0.308. The molecule has 0 atom stereocenters. The van der Waals surface area contributed by atoms with Crippen LogP contribution in [0.1, 0.15) is 28.4 Å². The molecule has 1 aromatic rings. The lowest BCUT2D eigenvalue weighted by atomic mass is 10.0. The minimum absolute atomic E-state index is 0.131. The summed E-state index contributed by atoms with van der Waals surface area (Å²) in [5.41, 5.74) is 1.53. The van der Waals surface area contributed by atoms with Crippen LogP contribution >= 0.6 is 0 Å². The van der Waals surface area contributed by atoms with Gasteiger partial charge in [-0.2, -0.15) is 0 Å². The van der Waals surface area contributed by atoms with Crippen LogP contribution in [0.25, 0.3) is 6.08 Å². The van der Waals surface area contributed by atoms with Gasteiger partial charge in [0.25, 0.3) is 0 Å². The number of ether oxygens (including phenoxy) is 1. The maximum atomic E-state index is 11.7. The molecule has 0 N–H and O–H groups in total. The topological polar surface area (TPSA) is 60.4 Å². The zero-order valence-electron chi connectivity index (χ0n) is 10.9. The first kappa shape index (κ1) is 14.4. The van der Waals surface area contributed by atoms with Crippen molar-refractivity contribution >= 4 is 21.9 Å². The van der Waals surface area contributed by atoms with Crippen LogP contribution in [0.4, 0.5) is 0 Å². The first-order chi connectivity index (χ1) is 8.31. The van der Waals surface area contributed by atoms with Crippen molar-refractivity contribution in [2.45, 2.75) is 18.7 Å². The minimum Gasteiger partial charge on any atom is -0.465 e. The molecule has 0 saturated heterocycles. The standard InChI is InChI=1S/C13H16O4S/c1-5-6-10-7-9(2)11(13(14)17-3)8-12(10)18(4,15)16/h5-8H,1-4H3. The zero-order chi connectivity index (χ0) is 13.9. The summed E-state index contributed by atoms with van der Waals surface area (Å²) >= 11 is 0. The molecule has 5 heteroatoms.